The quantitative estimate of drug-likeness (QED) is 0.685. The fourth-order valence-electron chi connectivity index (χ4n) is 1.38. The summed E-state index contributed by atoms with van der Waals surface area (Å²) >= 11 is 0. The molecule has 2 aromatic rings. The minimum atomic E-state index is -4.76. The van der Waals surface area contributed by atoms with Crippen LogP contribution in [0.25, 0.3) is 11.0 Å². The van der Waals surface area contributed by atoms with Crippen LogP contribution in [0.3, 0.4) is 0 Å². The molecule has 0 unspecified atom stereocenters. The molecule has 0 bridgehead atoms. The lowest BCUT2D eigenvalue weighted by Gasteiger charge is -1.88. The predicted octanol–water partition coefficient (Wildman–Crippen LogP) is 2.40. The molecule has 0 saturated heterocycles. The van der Waals surface area contributed by atoms with Gasteiger partial charge in [-0.05, 0) is 13.0 Å². The van der Waals surface area contributed by atoms with E-state index in [2.05, 4.69) is 0 Å². The summed E-state index contributed by atoms with van der Waals surface area (Å²) in [7, 11) is -4.76. The summed E-state index contributed by atoms with van der Waals surface area (Å²) in [4.78, 5) is 0. The molecule has 1 heterocycles. The zero-order valence-electron chi connectivity index (χ0n) is 7.32. The van der Waals surface area contributed by atoms with Crippen molar-refractivity contribution in [3.05, 3.63) is 29.8 Å². The number of para-hydroxylation sites is 1. The lowest BCUT2D eigenvalue weighted by molar-refractivity contribution is 0.457. The fourth-order valence-corrected chi connectivity index (χ4v) is 2.05. The van der Waals surface area contributed by atoms with Gasteiger partial charge in [-0.15, -0.1) is 0 Å². The van der Waals surface area contributed by atoms with Crippen molar-refractivity contribution in [3.8, 4) is 0 Å². The molecule has 0 aliphatic carbocycles. The van der Waals surface area contributed by atoms with Crippen molar-refractivity contribution < 1.29 is 16.7 Å². The predicted molar refractivity (Wildman–Crippen MR) is 49.2 cm³/mol. The molecular weight excluding hydrogens is 207 g/mol. The van der Waals surface area contributed by atoms with E-state index >= 15 is 0 Å². The van der Waals surface area contributed by atoms with E-state index in [9.17, 15) is 12.3 Å². The Labute approximate surface area is 80.4 Å². The second kappa shape index (κ2) is 2.81. The van der Waals surface area contributed by atoms with Crippen molar-refractivity contribution in [2.24, 2.45) is 0 Å². The maximum absolute atomic E-state index is 12.7. The second-order valence-electron chi connectivity index (χ2n) is 2.95. The Balaban J connectivity index is 2.89. The third kappa shape index (κ3) is 1.29. The van der Waals surface area contributed by atoms with Crippen molar-refractivity contribution in [1.82, 2.24) is 0 Å². The maximum atomic E-state index is 12.7. The Morgan fingerprint density at radius 2 is 1.93 bits per heavy atom. The summed E-state index contributed by atoms with van der Waals surface area (Å²) < 4.78 is 38.9. The molecule has 74 valence electrons. The standard InChI is InChI=1S/C9H7FO3S/c1-6-7-4-2-3-5-8(7)13-9(6)14(10,11)12/h2-5H,1H3. The average molecular weight is 214 g/mol. The number of hydrogen-bond donors (Lipinski definition) is 0. The lowest BCUT2D eigenvalue weighted by atomic mass is 10.2. The van der Waals surface area contributed by atoms with Crippen LogP contribution in [0.15, 0.2) is 33.8 Å². The van der Waals surface area contributed by atoms with E-state index in [0.29, 0.717) is 16.5 Å². The molecular formula is C9H7FO3S. The van der Waals surface area contributed by atoms with E-state index in [1.54, 1.807) is 24.3 Å². The molecule has 3 nitrogen and oxygen atoms in total. The first-order chi connectivity index (χ1) is 6.50. The smallest absolute Gasteiger partial charge is 0.366 e. The molecule has 2 rings (SSSR count). The van der Waals surface area contributed by atoms with Gasteiger partial charge in [0.2, 0.25) is 0 Å². The number of fused-ring (bicyclic) bond motifs is 1. The number of rotatable bonds is 1. The zero-order chi connectivity index (χ0) is 10.3. The Hall–Kier alpha value is -1.36. The van der Waals surface area contributed by atoms with Crippen LogP contribution in [0.5, 0.6) is 0 Å². The van der Waals surface area contributed by atoms with Gasteiger partial charge < -0.3 is 4.42 Å². The monoisotopic (exact) mass is 214 g/mol. The Morgan fingerprint density at radius 1 is 1.29 bits per heavy atom. The minimum absolute atomic E-state index is 0.308. The molecule has 0 N–H and O–H groups in total. The first-order valence-corrected chi connectivity index (χ1v) is 5.31. The largest absolute Gasteiger partial charge is 0.442 e. The number of benzene rings is 1. The minimum Gasteiger partial charge on any atom is -0.442 e. The molecule has 0 aliphatic heterocycles. The molecule has 0 amide bonds. The molecule has 0 fully saturated rings. The SMILES string of the molecule is Cc1c(S(=O)(=O)F)oc2ccccc12. The van der Waals surface area contributed by atoms with Crippen LogP contribution in [0.4, 0.5) is 3.89 Å². The summed E-state index contributed by atoms with van der Waals surface area (Å²) in [6.07, 6.45) is 0. The number of furan rings is 1. The van der Waals surface area contributed by atoms with Crippen LogP contribution in [0, 0.1) is 6.92 Å². The highest BCUT2D eigenvalue weighted by molar-refractivity contribution is 7.86. The molecule has 1 aromatic heterocycles. The van der Waals surface area contributed by atoms with Crippen LogP contribution in [0.1, 0.15) is 5.56 Å². The third-order valence-electron chi connectivity index (χ3n) is 2.02. The van der Waals surface area contributed by atoms with Crippen molar-refractivity contribution >= 4 is 21.2 Å². The van der Waals surface area contributed by atoms with Gasteiger partial charge in [-0.3, -0.25) is 0 Å². The second-order valence-corrected chi connectivity index (χ2v) is 4.20. The van der Waals surface area contributed by atoms with E-state index in [1.807, 2.05) is 0 Å². The summed E-state index contributed by atoms with van der Waals surface area (Å²) in [6.45, 7) is 1.51. The molecule has 0 radical (unpaired) electrons. The molecule has 1 aromatic carbocycles. The zero-order valence-corrected chi connectivity index (χ0v) is 8.14. The lowest BCUT2D eigenvalue weighted by Crippen LogP contribution is -1.90. The van der Waals surface area contributed by atoms with Gasteiger partial charge in [0, 0.05) is 10.9 Å². The van der Waals surface area contributed by atoms with Crippen molar-refractivity contribution in [3.63, 3.8) is 0 Å². The molecule has 0 aliphatic rings. The highest BCUT2D eigenvalue weighted by Crippen LogP contribution is 2.29. The van der Waals surface area contributed by atoms with Crippen LogP contribution in [-0.2, 0) is 10.2 Å². The van der Waals surface area contributed by atoms with Gasteiger partial charge in [0.25, 0.3) is 5.09 Å². The Bertz CT molecular complexity index is 583. The van der Waals surface area contributed by atoms with E-state index < -0.39 is 15.3 Å². The first kappa shape index (κ1) is 9.21. The summed E-state index contributed by atoms with van der Waals surface area (Å²) in [6, 6.07) is 6.71. The average Bonchev–Trinajstić information content (AvgIpc) is 2.44. The van der Waals surface area contributed by atoms with Crippen LogP contribution < -0.4 is 0 Å². The van der Waals surface area contributed by atoms with Gasteiger partial charge in [-0.2, -0.15) is 8.42 Å². The van der Waals surface area contributed by atoms with Gasteiger partial charge in [-0.25, -0.2) is 0 Å². The van der Waals surface area contributed by atoms with Gasteiger partial charge in [-0.1, -0.05) is 22.1 Å². The summed E-state index contributed by atoms with van der Waals surface area (Å²) in [5, 5.41) is 0.0161. The Morgan fingerprint density at radius 3 is 2.50 bits per heavy atom. The normalized spacial score (nSPS) is 12.1. The number of hydrogen-bond acceptors (Lipinski definition) is 3. The van der Waals surface area contributed by atoms with E-state index in [0.717, 1.165) is 0 Å². The molecule has 0 spiro atoms. The van der Waals surface area contributed by atoms with E-state index in [1.165, 1.54) is 6.92 Å². The van der Waals surface area contributed by atoms with Crippen molar-refractivity contribution in [2.45, 2.75) is 12.0 Å². The topological polar surface area (TPSA) is 47.3 Å². The van der Waals surface area contributed by atoms with Gasteiger partial charge in [0.05, 0.1) is 0 Å². The third-order valence-corrected chi connectivity index (χ3v) is 2.85. The fraction of sp³-hybridized carbons (Fsp3) is 0.111. The van der Waals surface area contributed by atoms with E-state index in [4.69, 9.17) is 4.42 Å². The highest BCUT2D eigenvalue weighted by atomic mass is 32.3. The number of halogens is 1. The molecule has 0 saturated carbocycles. The van der Waals surface area contributed by atoms with Crippen LogP contribution >= 0.6 is 0 Å². The first-order valence-electron chi connectivity index (χ1n) is 3.93. The highest BCUT2D eigenvalue weighted by Gasteiger charge is 2.22. The van der Waals surface area contributed by atoms with Gasteiger partial charge >= 0.3 is 10.2 Å². The summed E-state index contributed by atoms with van der Waals surface area (Å²) in [5.74, 6) is 0. The Kier molecular flexibility index (Phi) is 1.85. The molecule has 14 heavy (non-hydrogen) atoms. The number of aryl methyl sites for hydroxylation is 1. The van der Waals surface area contributed by atoms with Crippen molar-refractivity contribution in [2.75, 3.05) is 0 Å². The van der Waals surface area contributed by atoms with Crippen LogP contribution in [-0.4, -0.2) is 8.42 Å². The van der Waals surface area contributed by atoms with Crippen LogP contribution in [0.2, 0.25) is 0 Å². The summed E-state index contributed by atoms with van der Waals surface area (Å²) in [5.41, 5.74) is 0.685. The van der Waals surface area contributed by atoms with Gasteiger partial charge in [0.15, 0.2) is 0 Å². The van der Waals surface area contributed by atoms with Crippen molar-refractivity contribution in [1.29, 1.82) is 0 Å². The molecule has 0 atom stereocenters. The van der Waals surface area contributed by atoms with E-state index in [-0.39, 0.29) is 0 Å². The van der Waals surface area contributed by atoms with Gasteiger partial charge in [0.1, 0.15) is 5.58 Å². The molecule has 5 heteroatoms. The maximum Gasteiger partial charge on any atom is 0.366 e.